The summed E-state index contributed by atoms with van der Waals surface area (Å²) in [6.07, 6.45) is 8.89. The number of carbonyl (C=O) groups is 1. The number of nitrogens with one attached hydrogen (secondary N) is 1. The number of ketones is 1. The molecule has 2 atom stereocenters. The fourth-order valence-corrected chi connectivity index (χ4v) is 3.10. The third kappa shape index (κ3) is 1.67. The van der Waals surface area contributed by atoms with Gasteiger partial charge in [-0.05, 0) is 6.08 Å². The zero-order chi connectivity index (χ0) is 11.9. The molecule has 0 saturated carbocycles. The van der Waals surface area contributed by atoms with E-state index in [1.54, 1.807) is 24.3 Å². The van der Waals surface area contributed by atoms with Crippen LogP contribution in [0.2, 0.25) is 0 Å². The third-order valence-corrected chi connectivity index (χ3v) is 4.20. The number of sulfone groups is 1. The first-order chi connectivity index (χ1) is 7.41. The summed E-state index contributed by atoms with van der Waals surface area (Å²) in [5, 5.41) is 6.69. The second-order valence-electron chi connectivity index (χ2n) is 3.93. The van der Waals surface area contributed by atoms with Crippen molar-refractivity contribution in [1.82, 2.24) is 0 Å². The van der Waals surface area contributed by atoms with Gasteiger partial charge in [0.25, 0.3) is 0 Å². The van der Waals surface area contributed by atoms with Crippen molar-refractivity contribution in [1.29, 1.82) is 5.41 Å². The standard InChI is InChI=1S/C11H11NO3S/c1-16(14,15)10-4-2-3-8-7(10)5-6-9(12)11(8)13/h2-7,10,12H,1H3. The van der Waals surface area contributed by atoms with E-state index in [-0.39, 0.29) is 11.5 Å². The van der Waals surface area contributed by atoms with Crippen LogP contribution in [0.3, 0.4) is 0 Å². The molecule has 1 N–H and O–H groups in total. The average Bonchev–Trinajstić information content (AvgIpc) is 2.21. The average molecular weight is 237 g/mol. The molecule has 0 bridgehead atoms. The lowest BCUT2D eigenvalue weighted by Gasteiger charge is -2.27. The zero-order valence-electron chi connectivity index (χ0n) is 8.67. The van der Waals surface area contributed by atoms with Crippen LogP contribution in [0.1, 0.15) is 0 Å². The van der Waals surface area contributed by atoms with Crippen molar-refractivity contribution >= 4 is 21.3 Å². The van der Waals surface area contributed by atoms with Crippen molar-refractivity contribution in [3.05, 3.63) is 36.0 Å². The van der Waals surface area contributed by atoms with E-state index in [9.17, 15) is 13.2 Å². The molecule has 2 aliphatic rings. The maximum Gasteiger partial charge on any atom is 0.207 e. The Morgan fingerprint density at radius 2 is 2.00 bits per heavy atom. The summed E-state index contributed by atoms with van der Waals surface area (Å²) in [7, 11) is -3.24. The lowest BCUT2D eigenvalue weighted by molar-refractivity contribution is -0.110. The molecule has 2 unspecified atom stereocenters. The highest BCUT2D eigenvalue weighted by Crippen LogP contribution is 2.30. The number of allylic oxidation sites excluding steroid dienone is 5. The van der Waals surface area contributed by atoms with Gasteiger partial charge in [-0.15, -0.1) is 0 Å². The summed E-state index contributed by atoms with van der Waals surface area (Å²) >= 11 is 0. The van der Waals surface area contributed by atoms with E-state index in [4.69, 9.17) is 5.41 Å². The fourth-order valence-electron chi connectivity index (χ4n) is 1.96. The molecule has 4 nitrogen and oxygen atoms in total. The highest BCUT2D eigenvalue weighted by atomic mass is 32.2. The molecule has 0 aromatic rings. The second kappa shape index (κ2) is 3.52. The first-order valence-corrected chi connectivity index (χ1v) is 6.75. The molecule has 16 heavy (non-hydrogen) atoms. The number of Topliss-reactive ketones (excluding diaryl/α,β-unsaturated/α-hetero) is 1. The highest BCUT2D eigenvalue weighted by molar-refractivity contribution is 7.91. The topological polar surface area (TPSA) is 75.1 Å². The quantitative estimate of drug-likeness (QED) is 0.728. The van der Waals surface area contributed by atoms with Crippen LogP contribution in [0, 0.1) is 11.3 Å². The normalized spacial score (nSPS) is 28.9. The van der Waals surface area contributed by atoms with Crippen LogP contribution in [-0.2, 0) is 14.6 Å². The Labute approximate surface area is 93.8 Å². The summed E-state index contributed by atoms with van der Waals surface area (Å²) in [5.41, 5.74) is 0.301. The second-order valence-corrected chi connectivity index (χ2v) is 6.13. The fraction of sp³-hybridized carbons (Fsp3) is 0.273. The molecule has 0 amide bonds. The van der Waals surface area contributed by atoms with Gasteiger partial charge in [-0.1, -0.05) is 24.3 Å². The monoisotopic (exact) mass is 237 g/mol. The number of hydrogen-bond donors (Lipinski definition) is 1. The zero-order valence-corrected chi connectivity index (χ0v) is 9.49. The van der Waals surface area contributed by atoms with Gasteiger partial charge in [0.15, 0.2) is 9.84 Å². The maximum atomic E-state index is 11.7. The maximum absolute atomic E-state index is 11.7. The molecule has 2 aliphatic carbocycles. The van der Waals surface area contributed by atoms with Crippen LogP contribution in [0.4, 0.5) is 0 Å². The van der Waals surface area contributed by atoms with Crippen LogP contribution in [0.15, 0.2) is 36.0 Å². The highest BCUT2D eigenvalue weighted by Gasteiger charge is 2.36. The van der Waals surface area contributed by atoms with Crippen molar-refractivity contribution in [2.24, 2.45) is 5.92 Å². The Kier molecular flexibility index (Phi) is 2.42. The van der Waals surface area contributed by atoms with Gasteiger partial charge in [-0.3, -0.25) is 10.2 Å². The first kappa shape index (κ1) is 11.0. The minimum absolute atomic E-state index is 0.0925. The van der Waals surface area contributed by atoms with Crippen LogP contribution in [0.25, 0.3) is 0 Å². The smallest absolute Gasteiger partial charge is 0.207 e. The molecule has 84 valence electrons. The van der Waals surface area contributed by atoms with Gasteiger partial charge < -0.3 is 0 Å². The first-order valence-electron chi connectivity index (χ1n) is 4.80. The minimum Gasteiger partial charge on any atom is -0.297 e. The van der Waals surface area contributed by atoms with Crippen molar-refractivity contribution < 1.29 is 13.2 Å². The predicted octanol–water partition coefficient (Wildman–Crippen LogP) is 0.671. The minimum atomic E-state index is -3.24. The third-order valence-electron chi connectivity index (χ3n) is 2.76. The number of rotatable bonds is 1. The number of fused-ring (bicyclic) bond motifs is 1. The summed E-state index contributed by atoms with van der Waals surface area (Å²) < 4.78 is 23.1. The molecule has 0 aromatic carbocycles. The molecule has 0 heterocycles. The van der Waals surface area contributed by atoms with Gasteiger partial charge in [0.1, 0.15) is 5.71 Å². The number of carbonyl (C=O) groups excluding carboxylic acids is 1. The molecule has 0 radical (unpaired) electrons. The van der Waals surface area contributed by atoms with E-state index in [0.29, 0.717) is 5.57 Å². The van der Waals surface area contributed by atoms with E-state index >= 15 is 0 Å². The SMILES string of the molecule is CS(=O)(=O)C1C=CC=C2C(=O)C(=N)C=CC21. The Morgan fingerprint density at radius 1 is 1.31 bits per heavy atom. The summed E-state index contributed by atoms with van der Waals surface area (Å²) in [5.74, 6) is -0.827. The van der Waals surface area contributed by atoms with Crippen molar-refractivity contribution in [2.45, 2.75) is 5.25 Å². The van der Waals surface area contributed by atoms with E-state index in [1.807, 2.05) is 0 Å². The van der Waals surface area contributed by atoms with E-state index in [1.165, 1.54) is 6.08 Å². The molecule has 0 spiro atoms. The van der Waals surface area contributed by atoms with Gasteiger partial charge >= 0.3 is 0 Å². The Bertz CT molecular complexity index is 552. The Hall–Kier alpha value is -1.49. The Morgan fingerprint density at radius 3 is 2.62 bits per heavy atom. The molecule has 0 aliphatic heterocycles. The van der Waals surface area contributed by atoms with Gasteiger partial charge in [-0.25, -0.2) is 8.42 Å². The predicted molar refractivity (Wildman–Crippen MR) is 61.2 cm³/mol. The molecule has 0 fully saturated rings. The molecule has 0 saturated heterocycles. The van der Waals surface area contributed by atoms with Gasteiger partial charge in [0.2, 0.25) is 5.78 Å². The molecule has 5 heteroatoms. The van der Waals surface area contributed by atoms with Crippen molar-refractivity contribution in [3.8, 4) is 0 Å². The molecular weight excluding hydrogens is 226 g/mol. The molecule has 2 rings (SSSR count). The van der Waals surface area contributed by atoms with E-state index in [2.05, 4.69) is 0 Å². The van der Waals surface area contributed by atoms with Crippen LogP contribution in [0.5, 0.6) is 0 Å². The van der Waals surface area contributed by atoms with Crippen molar-refractivity contribution in [3.63, 3.8) is 0 Å². The van der Waals surface area contributed by atoms with Crippen LogP contribution < -0.4 is 0 Å². The van der Waals surface area contributed by atoms with Gasteiger partial charge in [-0.2, -0.15) is 0 Å². The van der Waals surface area contributed by atoms with Gasteiger partial charge in [0.05, 0.1) is 5.25 Å². The van der Waals surface area contributed by atoms with E-state index < -0.39 is 21.0 Å². The number of hydrogen-bond acceptors (Lipinski definition) is 4. The molecular formula is C11H11NO3S. The Balaban J connectivity index is 2.51. The van der Waals surface area contributed by atoms with Crippen LogP contribution in [-0.4, -0.2) is 31.4 Å². The van der Waals surface area contributed by atoms with Gasteiger partial charge in [0, 0.05) is 17.7 Å². The summed E-state index contributed by atoms with van der Waals surface area (Å²) in [6, 6.07) is 0. The lowest BCUT2D eigenvalue weighted by Crippen LogP contribution is -2.35. The van der Waals surface area contributed by atoms with Crippen LogP contribution >= 0.6 is 0 Å². The lowest BCUT2D eigenvalue weighted by atomic mass is 9.82. The summed E-state index contributed by atoms with van der Waals surface area (Å²) in [4.78, 5) is 11.7. The largest absolute Gasteiger partial charge is 0.297 e. The van der Waals surface area contributed by atoms with Crippen molar-refractivity contribution in [2.75, 3.05) is 6.26 Å². The molecule has 0 aromatic heterocycles. The summed E-state index contributed by atoms with van der Waals surface area (Å²) in [6.45, 7) is 0. The van der Waals surface area contributed by atoms with E-state index in [0.717, 1.165) is 6.26 Å².